The lowest BCUT2D eigenvalue weighted by Gasteiger charge is -2.35. The Morgan fingerprint density at radius 2 is 1.97 bits per heavy atom. The summed E-state index contributed by atoms with van der Waals surface area (Å²) in [6.45, 7) is 3.50. The third kappa shape index (κ3) is 4.62. The Bertz CT molecular complexity index is 1200. The molecule has 0 aliphatic heterocycles. The van der Waals surface area contributed by atoms with E-state index in [1.807, 2.05) is 6.92 Å². The van der Waals surface area contributed by atoms with Crippen LogP contribution in [0, 0.1) is 17.0 Å². The van der Waals surface area contributed by atoms with Gasteiger partial charge in [-0.25, -0.2) is 18.7 Å². The maximum Gasteiger partial charge on any atom is 0.225 e. The number of primary amides is 1. The van der Waals surface area contributed by atoms with Crippen LogP contribution in [0.5, 0.6) is 0 Å². The summed E-state index contributed by atoms with van der Waals surface area (Å²) in [6, 6.07) is 1.58. The number of carbonyl (C=O) groups excluding carboxylic acids is 1. The average Bonchev–Trinajstić information content (AvgIpc) is 3.14. The number of hydrogen-bond acceptors (Lipinski definition) is 7. The normalized spacial score (nSPS) is 21.4. The van der Waals surface area contributed by atoms with Crippen molar-refractivity contribution in [3.63, 3.8) is 0 Å². The lowest BCUT2D eigenvalue weighted by Crippen LogP contribution is -2.38. The number of anilines is 3. The quantitative estimate of drug-likeness (QED) is 0.392. The van der Waals surface area contributed by atoms with E-state index in [-0.39, 0.29) is 47.2 Å². The van der Waals surface area contributed by atoms with E-state index in [0.717, 1.165) is 12.1 Å². The van der Waals surface area contributed by atoms with E-state index < -0.39 is 17.0 Å². The summed E-state index contributed by atoms with van der Waals surface area (Å²) in [4.78, 5) is 25.2. The first-order valence-electron chi connectivity index (χ1n) is 10.9. The van der Waals surface area contributed by atoms with Gasteiger partial charge in [-0.15, -0.1) is 0 Å². The van der Waals surface area contributed by atoms with E-state index in [2.05, 4.69) is 25.6 Å². The van der Waals surface area contributed by atoms with Gasteiger partial charge in [-0.2, -0.15) is 4.98 Å². The first-order chi connectivity index (χ1) is 16.1. The van der Waals surface area contributed by atoms with Crippen molar-refractivity contribution in [1.29, 1.82) is 0 Å². The Kier molecular flexibility index (Phi) is 6.59. The van der Waals surface area contributed by atoms with Gasteiger partial charge in [0.1, 0.15) is 11.2 Å². The number of aliphatic hydroxyl groups excluding tert-OH is 1. The molecule has 1 saturated carbocycles. The van der Waals surface area contributed by atoms with Crippen LogP contribution < -0.4 is 16.4 Å². The van der Waals surface area contributed by atoms with Crippen LogP contribution in [0.2, 0.25) is 5.02 Å². The topological polar surface area (TPSA) is 131 Å². The summed E-state index contributed by atoms with van der Waals surface area (Å²) in [5, 5.41) is 15.0. The molecular formula is C22H26ClF2N7O2. The number of amides is 1. The minimum absolute atomic E-state index is 0.0633. The summed E-state index contributed by atoms with van der Waals surface area (Å²) in [7, 11) is 0. The molecule has 2 aromatic heterocycles. The Hall–Kier alpha value is -3.05. The molecule has 9 nitrogen and oxygen atoms in total. The summed E-state index contributed by atoms with van der Waals surface area (Å²) in [5.41, 5.74) is 5.46. The van der Waals surface area contributed by atoms with Crippen molar-refractivity contribution in [3.05, 3.63) is 35.0 Å². The molecule has 0 radical (unpaired) electrons. The van der Waals surface area contributed by atoms with Gasteiger partial charge in [0.2, 0.25) is 17.8 Å². The number of aliphatic hydroxyl groups is 1. The van der Waals surface area contributed by atoms with E-state index in [1.165, 1.54) is 6.20 Å². The molecule has 4 rings (SSSR count). The highest BCUT2D eigenvalue weighted by atomic mass is 35.5. The number of rotatable bonds is 7. The molecule has 1 atom stereocenters. The van der Waals surface area contributed by atoms with Crippen molar-refractivity contribution in [2.24, 2.45) is 11.1 Å². The molecule has 1 aliphatic carbocycles. The van der Waals surface area contributed by atoms with Gasteiger partial charge >= 0.3 is 0 Å². The van der Waals surface area contributed by atoms with Gasteiger partial charge in [0, 0.05) is 22.5 Å². The van der Waals surface area contributed by atoms with E-state index in [0.29, 0.717) is 36.8 Å². The highest BCUT2D eigenvalue weighted by molar-refractivity contribution is 6.30. The lowest BCUT2D eigenvalue weighted by molar-refractivity contribution is -0.128. The summed E-state index contributed by atoms with van der Waals surface area (Å²) >= 11 is 5.76. The Balaban J connectivity index is 1.78. The Morgan fingerprint density at radius 3 is 2.56 bits per heavy atom. The second kappa shape index (κ2) is 9.30. The zero-order chi connectivity index (χ0) is 24.6. The molecular weight excluding hydrogens is 468 g/mol. The number of hydrogen-bond donors (Lipinski definition) is 4. The smallest absolute Gasteiger partial charge is 0.225 e. The van der Waals surface area contributed by atoms with Crippen molar-refractivity contribution in [3.8, 4) is 0 Å². The number of aromatic nitrogens is 4. The third-order valence-electron chi connectivity index (χ3n) is 6.34. The number of fused-ring (bicyclic) bond motifs is 1. The van der Waals surface area contributed by atoms with E-state index in [9.17, 15) is 18.7 Å². The predicted octanol–water partition coefficient (Wildman–Crippen LogP) is 3.90. The molecule has 1 amide bonds. The fourth-order valence-electron chi connectivity index (χ4n) is 4.18. The lowest BCUT2D eigenvalue weighted by atomic mass is 9.73. The largest absolute Gasteiger partial charge is 0.394 e. The van der Waals surface area contributed by atoms with Gasteiger partial charge < -0.3 is 21.5 Å². The van der Waals surface area contributed by atoms with E-state index >= 15 is 0 Å². The SMILES string of the molecule is C[C@@H](CO)Nc1ncc2nc(Nc3c(F)cc(Cl)cc3F)n([C@H]3CC[C@](C)(C(N)=O)CC3)c2n1. The summed E-state index contributed by atoms with van der Waals surface area (Å²) < 4.78 is 30.8. The molecule has 0 spiro atoms. The van der Waals surface area contributed by atoms with Crippen LogP contribution in [0.4, 0.5) is 26.4 Å². The molecule has 12 heteroatoms. The molecule has 0 saturated heterocycles. The fraction of sp³-hybridized carbons (Fsp3) is 0.455. The van der Waals surface area contributed by atoms with Crippen molar-refractivity contribution >= 4 is 46.3 Å². The predicted molar refractivity (Wildman–Crippen MR) is 125 cm³/mol. The second-order valence-corrected chi connectivity index (χ2v) is 9.40. The molecule has 0 unspecified atom stereocenters. The summed E-state index contributed by atoms with van der Waals surface area (Å²) in [6.07, 6.45) is 3.78. The average molecular weight is 494 g/mol. The zero-order valence-electron chi connectivity index (χ0n) is 18.8. The van der Waals surface area contributed by atoms with Crippen molar-refractivity contribution < 1.29 is 18.7 Å². The van der Waals surface area contributed by atoms with E-state index in [4.69, 9.17) is 17.3 Å². The fourth-order valence-corrected chi connectivity index (χ4v) is 4.37. The summed E-state index contributed by atoms with van der Waals surface area (Å²) in [5.74, 6) is -1.61. The first kappa shape index (κ1) is 24.1. The minimum atomic E-state index is -0.862. The molecule has 1 aliphatic rings. The highest BCUT2D eigenvalue weighted by Crippen LogP contribution is 2.43. The molecule has 1 fully saturated rings. The number of carbonyl (C=O) groups is 1. The van der Waals surface area contributed by atoms with Gasteiger partial charge in [0.15, 0.2) is 17.3 Å². The first-order valence-corrected chi connectivity index (χ1v) is 11.3. The molecule has 5 N–H and O–H groups in total. The van der Waals surface area contributed by atoms with Crippen LogP contribution in [0.15, 0.2) is 18.3 Å². The van der Waals surface area contributed by atoms with Crippen LogP contribution in [0.3, 0.4) is 0 Å². The van der Waals surface area contributed by atoms with Gasteiger partial charge in [0.05, 0.1) is 12.8 Å². The third-order valence-corrected chi connectivity index (χ3v) is 6.56. The number of benzene rings is 1. The standard InChI is InChI=1S/C22H26ClF2N7O2/c1-11(10-33)28-20-27-9-16-18(31-20)32(13-3-5-22(2,6-4-13)19(26)34)21(29-16)30-17-14(24)7-12(23)8-15(17)25/h7-9,11,13,33H,3-6,10H2,1-2H3,(H2,26,34)(H,29,30)(H,27,28,31)/t11-,13-,22-/m0/s1. The second-order valence-electron chi connectivity index (χ2n) is 8.96. The van der Waals surface area contributed by atoms with Gasteiger partial charge in [0.25, 0.3) is 0 Å². The molecule has 0 bridgehead atoms. The van der Waals surface area contributed by atoms with Gasteiger partial charge in [-0.05, 0) is 44.7 Å². The van der Waals surface area contributed by atoms with Crippen molar-refractivity contribution in [1.82, 2.24) is 19.5 Å². The number of halogens is 3. The Morgan fingerprint density at radius 1 is 1.32 bits per heavy atom. The van der Waals surface area contributed by atoms with Crippen molar-refractivity contribution in [2.75, 3.05) is 17.2 Å². The van der Waals surface area contributed by atoms with Crippen molar-refractivity contribution in [2.45, 2.75) is 51.6 Å². The molecule has 1 aromatic carbocycles. The van der Waals surface area contributed by atoms with Crippen LogP contribution in [-0.2, 0) is 4.79 Å². The zero-order valence-corrected chi connectivity index (χ0v) is 19.5. The van der Waals surface area contributed by atoms with Crippen LogP contribution >= 0.6 is 11.6 Å². The molecule has 34 heavy (non-hydrogen) atoms. The number of nitrogens with zero attached hydrogens (tertiary/aromatic N) is 4. The van der Waals surface area contributed by atoms with Crippen LogP contribution in [0.1, 0.15) is 45.6 Å². The Labute approximate surface area is 199 Å². The van der Waals surface area contributed by atoms with Gasteiger partial charge in [-0.3, -0.25) is 9.36 Å². The molecule has 2 heterocycles. The van der Waals surface area contributed by atoms with Crippen LogP contribution in [-0.4, -0.2) is 43.2 Å². The molecule has 3 aromatic rings. The minimum Gasteiger partial charge on any atom is -0.394 e. The number of imidazole rings is 1. The van der Waals surface area contributed by atoms with Crippen LogP contribution in [0.25, 0.3) is 11.2 Å². The monoisotopic (exact) mass is 493 g/mol. The van der Waals surface area contributed by atoms with Gasteiger partial charge in [-0.1, -0.05) is 18.5 Å². The maximum absolute atomic E-state index is 14.5. The van der Waals surface area contributed by atoms with E-state index in [1.54, 1.807) is 11.5 Å². The number of nitrogens with two attached hydrogens (primary N) is 1. The molecule has 182 valence electrons. The number of nitrogens with one attached hydrogen (secondary N) is 2. The maximum atomic E-state index is 14.5. The highest BCUT2D eigenvalue weighted by Gasteiger charge is 2.37.